The molecule has 0 saturated heterocycles. The van der Waals surface area contributed by atoms with Gasteiger partial charge in [-0.25, -0.2) is 0 Å². The van der Waals surface area contributed by atoms with Crippen molar-refractivity contribution < 1.29 is 0 Å². The topological polar surface area (TPSA) is 38.0 Å². The summed E-state index contributed by atoms with van der Waals surface area (Å²) in [5, 5.41) is 3.91. The number of hydrogen-bond acceptors (Lipinski definition) is 2. The molecule has 2 rings (SSSR count). The molecule has 0 fully saturated rings. The van der Waals surface area contributed by atoms with Gasteiger partial charge in [0.2, 0.25) is 0 Å². The van der Waals surface area contributed by atoms with Crippen LogP contribution in [0.25, 0.3) is 0 Å². The summed E-state index contributed by atoms with van der Waals surface area (Å²) in [6.45, 7) is 2.00. The van der Waals surface area contributed by atoms with E-state index in [1.165, 1.54) is 0 Å². The summed E-state index contributed by atoms with van der Waals surface area (Å²) in [4.78, 5) is 0. The maximum Gasteiger partial charge on any atom is 0.0643 e. The van der Waals surface area contributed by atoms with Crippen LogP contribution in [0.15, 0.2) is 40.9 Å². The van der Waals surface area contributed by atoms with Gasteiger partial charge in [-0.3, -0.25) is 0 Å². The predicted octanol–water partition coefficient (Wildman–Crippen LogP) is 4.74. The Morgan fingerprint density at radius 1 is 1.12 bits per heavy atom. The fourth-order valence-corrected chi connectivity index (χ4v) is 2.15. The molecule has 88 valence electrons. The number of nitrogens with one attached hydrogen (secondary N) is 1. The summed E-state index contributed by atoms with van der Waals surface area (Å²) in [6, 6.07) is 11.5. The molecule has 0 amide bonds. The normalized spacial score (nSPS) is 10.3. The number of nitrogens with two attached hydrogens (primary N) is 1. The smallest absolute Gasteiger partial charge is 0.0643 e. The molecule has 0 bridgehead atoms. The van der Waals surface area contributed by atoms with Gasteiger partial charge < -0.3 is 11.1 Å². The second kappa shape index (κ2) is 4.98. The van der Waals surface area contributed by atoms with E-state index in [-0.39, 0.29) is 0 Å². The van der Waals surface area contributed by atoms with E-state index in [1.54, 1.807) is 0 Å². The number of halogens is 2. The van der Waals surface area contributed by atoms with Crippen LogP contribution in [0.3, 0.4) is 0 Å². The number of benzene rings is 2. The summed E-state index contributed by atoms with van der Waals surface area (Å²) in [5.41, 5.74) is 9.39. The second-order valence-electron chi connectivity index (χ2n) is 3.84. The zero-order valence-corrected chi connectivity index (χ0v) is 11.6. The Bertz CT molecular complexity index is 555. The highest BCUT2D eigenvalue weighted by Gasteiger charge is 2.04. The van der Waals surface area contributed by atoms with Crippen molar-refractivity contribution in [3.63, 3.8) is 0 Å². The molecule has 3 N–H and O–H groups in total. The molecule has 0 aliphatic carbocycles. The third-order valence-electron chi connectivity index (χ3n) is 2.41. The van der Waals surface area contributed by atoms with Crippen LogP contribution in [0.4, 0.5) is 17.1 Å². The quantitative estimate of drug-likeness (QED) is 0.786. The Balaban J connectivity index is 2.34. The lowest BCUT2D eigenvalue weighted by Crippen LogP contribution is -1.96. The van der Waals surface area contributed by atoms with Gasteiger partial charge in [-0.1, -0.05) is 33.6 Å². The molecule has 2 nitrogen and oxygen atoms in total. The maximum absolute atomic E-state index is 6.16. The molecule has 17 heavy (non-hydrogen) atoms. The van der Waals surface area contributed by atoms with Crippen molar-refractivity contribution in [2.24, 2.45) is 0 Å². The summed E-state index contributed by atoms with van der Waals surface area (Å²) in [6.07, 6.45) is 0. The van der Waals surface area contributed by atoms with Crippen LogP contribution in [0, 0.1) is 6.92 Å². The van der Waals surface area contributed by atoms with Crippen molar-refractivity contribution in [2.45, 2.75) is 6.92 Å². The Kier molecular flexibility index (Phi) is 3.60. The van der Waals surface area contributed by atoms with Crippen molar-refractivity contribution in [2.75, 3.05) is 11.1 Å². The van der Waals surface area contributed by atoms with Gasteiger partial charge in [0.25, 0.3) is 0 Å². The molecular weight excluding hydrogens is 300 g/mol. The van der Waals surface area contributed by atoms with Gasteiger partial charge >= 0.3 is 0 Å². The van der Waals surface area contributed by atoms with Gasteiger partial charge in [0.05, 0.1) is 22.1 Å². The summed E-state index contributed by atoms with van der Waals surface area (Å²) in [5.74, 6) is 0. The summed E-state index contributed by atoms with van der Waals surface area (Å²) < 4.78 is 0.970. The fraction of sp³-hybridized carbons (Fsp3) is 0.0769. The van der Waals surface area contributed by atoms with Crippen molar-refractivity contribution in [3.8, 4) is 0 Å². The van der Waals surface area contributed by atoms with E-state index in [9.17, 15) is 0 Å². The van der Waals surface area contributed by atoms with Gasteiger partial charge in [-0.15, -0.1) is 0 Å². The third kappa shape index (κ3) is 2.93. The lowest BCUT2D eigenvalue weighted by atomic mass is 10.2. The molecule has 0 unspecified atom stereocenters. The van der Waals surface area contributed by atoms with E-state index in [0.717, 1.165) is 21.4 Å². The number of rotatable bonds is 2. The number of anilines is 3. The van der Waals surface area contributed by atoms with Crippen molar-refractivity contribution in [3.05, 3.63) is 51.5 Å². The van der Waals surface area contributed by atoms with Crippen LogP contribution in [-0.4, -0.2) is 0 Å². The van der Waals surface area contributed by atoms with Crippen LogP contribution >= 0.6 is 27.5 Å². The van der Waals surface area contributed by atoms with Crippen molar-refractivity contribution in [1.29, 1.82) is 0 Å². The van der Waals surface area contributed by atoms with E-state index in [4.69, 9.17) is 17.3 Å². The predicted molar refractivity (Wildman–Crippen MR) is 78.0 cm³/mol. The van der Waals surface area contributed by atoms with Gasteiger partial charge in [0.1, 0.15) is 0 Å². The van der Waals surface area contributed by atoms with Gasteiger partial charge in [-0.05, 0) is 42.8 Å². The van der Waals surface area contributed by atoms with E-state index in [2.05, 4.69) is 21.2 Å². The first-order valence-electron chi connectivity index (χ1n) is 5.14. The summed E-state index contributed by atoms with van der Waals surface area (Å²) in [7, 11) is 0. The fourth-order valence-electron chi connectivity index (χ4n) is 1.50. The van der Waals surface area contributed by atoms with Gasteiger partial charge in [0.15, 0.2) is 0 Å². The van der Waals surface area contributed by atoms with Crippen LogP contribution in [0.5, 0.6) is 0 Å². The molecular formula is C13H12BrClN2. The molecule has 2 aromatic carbocycles. The highest BCUT2D eigenvalue weighted by Crippen LogP contribution is 2.30. The number of hydrogen-bond donors (Lipinski definition) is 2. The van der Waals surface area contributed by atoms with E-state index in [0.29, 0.717) is 10.7 Å². The average molecular weight is 312 g/mol. The Hall–Kier alpha value is -1.19. The second-order valence-corrected chi connectivity index (χ2v) is 5.16. The standard InChI is InChI=1S/C13H12BrClN2/c1-8-2-5-12(10(15)6-8)17-13-7-9(14)3-4-11(13)16/h2-7,17H,16H2,1H3. The lowest BCUT2D eigenvalue weighted by Gasteiger charge is -2.11. The Morgan fingerprint density at radius 3 is 2.59 bits per heavy atom. The molecule has 0 spiro atoms. The van der Waals surface area contributed by atoms with E-state index in [1.807, 2.05) is 43.3 Å². The molecule has 0 radical (unpaired) electrons. The zero-order valence-electron chi connectivity index (χ0n) is 9.30. The van der Waals surface area contributed by atoms with Gasteiger partial charge in [0, 0.05) is 4.47 Å². The van der Waals surface area contributed by atoms with Crippen LogP contribution in [0.2, 0.25) is 5.02 Å². The lowest BCUT2D eigenvalue weighted by molar-refractivity contribution is 1.45. The minimum Gasteiger partial charge on any atom is -0.397 e. The van der Waals surface area contributed by atoms with Gasteiger partial charge in [-0.2, -0.15) is 0 Å². The molecule has 0 heterocycles. The van der Waals surface area contributed by atoms with Crippen LogP contribution < -0.4 is 11.1 Å². The minimum absolute atomic E-state index is 0.685. The molecule has 0 saturated carbocycles. The molecule has 4 heteroatoms. The largest absolute Gasteiger partial charge is 0.397 e. The van der Waals surface area contributed by atoms with E-state index >= 15 is 0 Å². The first kappa shape index (κ1) is 12.3. The monoisotopic (exact) mass is 310 g/mol. The number of nitrogen functional groups attached to an aromatic ring is 1. The summed E-state index contributed by atoms with van der Waals surface area (Å²) >= 11 is 9.57. The van der Waals surface area contributed by atoms with E-state index < -0.39 is 0 Å². The molecule has 0 atom stereocenters. The van der Waals surface area contributed by atoms with Crippen molar-refractivity contribution >= 4 is 44.6 Å². The zero-order chi connectivity index (χ0) is 12.4. The first-order valence-corrected chi connectivity index (χ1v) is 6.31. The molecule has 2 aromatic rings. The molecule has 0 aromatic heterocycles. The highest BCUT2D eigenvalue weighted by molar-refractivity contribution is 9.10. The Morgan fingerprint density at radius 2 is 1.88 bits per heavy atom. The maximum atomic E-state index is 6.16. The first-order chi connectivity index (χ1) is 8.06. The Labute approximate surface area is 114 Å². The molecule has 0 aliphatic rings. The average Bonchev–Trinajstić information content (AvgIpc) is 2.27. The SMILES string of the molecule is Cc1ccc(Nc2cc(Br)ccc2N)c(Cl)c1. The van der Waals surface area contributed by atoms with Crippen LogP contribution in [0.1, 0.15) is 5.56 Å². The third-order valence-corrected chi connectivity index (χ3v) is 3.22. The minimum atomic E-state index is 0.685. The van der Waals surface area contributed by atoms with Crippen molar-refractivity contribution in [1.82, 2.24) is 0 Å². The number of aryl methyl sites for hydroxylation is 1. The van der Waals surface area contributed by atoms with Crippen LogP contribution in [-0.2, 0) is 0 Å². The molecule has 0 aliphatic heterocycles. The highest BCUT2D eigenvalue weighted by atomic mass is 79.9.